The quantitative estimate of drug-likeness (QED) is 0.847. The van der Waals surface area contributed by atoms with Crippen molar-refractivity contribution in [2.24, 2.45) is 0 Å². The number of carbonyl (C=O) groups excluding carboxylic acids is 1. The molecule has 0 bridgehead atoms. The van der Waals surface area contributed by atoms with E-state index in [9.17, 15) is 9.18 Å². The van der Waals surface area contributed by atoms with Crippen LogP contribution >= 0.6 is 0 Å². The molecule has 0 aromatic heterocycles. The molecule has 1 fully saturated rings. The van der Waals surface area contributed by atoms with E-state index in [0.717, 1.165) is 5.56 Å². The van der Waals surface area contributed by atoms with Crippen molar-refractivity contribution in [3.63, 3.8) is 0 Å². The first-order valence-electron chi connectivity index (χ1n) is 8.31. The number of rotatable bonds is 3. The molecule has 4 heteroatoms. The summed E-state index contributed by atoms with van der Waals surface area (Å²) in [5, 5.41) is 0. The summed E-state index contributed by atoms with van der Waals surface area (Å²) in [6.45, 7) is 5.68. The number of morpholine rings is 1. The molecular weight excluding hydrogens is 305 g/mol. The van der Waals surface area contributed by atoms with Gasteiger partial charge in [-0.1, -0.05) is 50.2 Å². The van der Waals surface area contributed by atoms with Crippen LogP contribution in [-0.4, -0.2) is 30.5 Å². The highest BCUT2D eigenvalue weighted by atomic mass is 19.1. The number of amides is 1. The Morgan fingerprint density at radius 1 is 1.17 bits per heavy atom. The van der Waals surface area contributed by atoms with Crippen molar-refractivity contribution in [2.75, 3.05) is 19.7 Å². The maximum absolute atomic E-state index is 13.9. The molecule has 2 aromatic rings. The highest BCUT2D eigenvalue weighted by molar-refractivity contribution is 5.94. The van der Waals surface area contributed by atoms with Gasteiger partial charge in [-0.25, -0.2) is 4.39 Å². The van der Waals surface area contributed by atoms with Crippen molar-refractivity contribution in [3.8, 4) is 0 Å². The minimum atomic E-state index is -0.480. The summed E-state index contributed by atoms with van der Waals surface area (Å²) in [6.07, 6.45) is -0.171. The van der Waals surface area contributed by atoms with E-state index in [4.69, 9.17) is 4.74 Å². The Hall–Kier alpha value is -2.20. The third-order valence-corrected chi connectivity index (χ3v) is 4.43. The lowest BCUT2D eigenvalue weighted by atomic mass is 9.99. The van der Waals surface area contributed by atoms with Gasteiger partial charge in [0.1, 0.15) is 11.9 Å². The Balaban J connectivity index is 1.74. The van der Waals surface area contributed by atoms with Gasteiger partial charge in [-0.05, 0) is 29.2 Å². The summed E-state index contributed by atoms with van der Waals surface area (Å²) in [7, 11) is 0. The van der Waals surface area contributed by atoms with Crippen molar-refractivity contribution in [2.45, 2.75) is 25.9 Å². The minimum Gasteiger partial charge on any atom is -0.370 e. The van der Waals surface area contributed by atoms with E-state index in [1.807, 2.05) is 0 Å². The summed E-state index contributed by atoms with van der Waals surface area (Å²) < 4.78 is 19.7. The lowest BCUT2D eigenvalue weighted by Gasteiger charge is -2.33. The number of carbonyl (C=O) groups is 1. The summed E-state index contributed by atoms with van der Waals surface area (Å²) in [4.78, 5) is 14.2. The van der Waals surface area contributed by atoms with E-state index >= 15 is 0 Å². The summed E-state index contributed by atoms with van der Waals surface area (Å²) >= 11 is 0. The van der Waals surface area contributed by atoms with Gasteiger partial charge in [0.05, 0.1) is 18.7 Å². The molecule has 1 aliphatic heterocycles. The van der Waals surface area contributed by atoms with Gasteiger partial charge >= 0.3 is 0 Å². The SMILES string of the molecule is CC(C)c1ccc(C2CN(C(=O)c3ccccc3F)CCO2)cc1. The van der Waals surface area contributed by atoms with Crippen LogP contribution in [0.4, 0.5) is 4.39 Å². The molecule has 0 spiro atoms. The van der Waals surface area contributed by atoms with Crippen LogP contribution in [-0.2, 0) is 4.74 Å². The summed E-state index contributed by atoms with van der Waals surface area (Å²) in [5.41, 5.74) is 2.44. The number of hydrogen-bond acceptors (Lipinski definition) is 2. The molecule has 1 heterocycles. The van der Waals surface area contributed by atoms with Gasteiger partial charge < -0.3 is 9.64 Å². The highest BCUT2D eigenvalue weighted by Crippen LogP contribution is 2.25. The first kappa shape index (κ1) is 16.7. The molecule has 3 rings (SSSR count). The number of benzene rings is 2. The highest BCUT2D eigenvalue weighted by Gasteiger charge is 2.27. The second-order valence-electron chi connectivity index (χ2n) is 6.41. The van der Waals surface area contributed by atoms with Crippen LogP contribution in [0.3, 0.4) is 0 Å². The molecule has 0 saturated carbocycles. The molecule has 0 aliphatic carbocycles. The van der Waals surface area contributed by atoms with Crippen molar-refractivity contribution >= 4 is 5.91 Å². The van der Waals surface area contributed by atoms with Crippen LogP contribution in [0.5, 0.6) is 0 Å². The fourth-order valence-electron chi connectivity index (χ4n) is 2.94. The first-order valence-corrected chi connectivity index (χ1v) is 8.31. The van der Waals surface area contributed by atoms with Crippen LogP contribution in [0.1, 0.15) is 47.4 Å². The standard InChI is InChI=1S/C20H22FNO2/c1-14(2)15-7-9-16(10-8-15)19-13-22(11-12-24-19)20(23)17-5-3-4-6-18(17)21/h3-10,14,19H,11-13H2,1-2H3. The second-order valence-corrected chi connectivity index (χ2v) is 6.41. The fourth-order valence-corrected chi connectivity index (χ4v) is 2.94. The van der Waals surface area contributed by atoms with Crippen LogP contribution in [0, 0.1) is 5.82 Å². The molecule has 1 aliphatic rings. The lowest BCUT2D eigenvalue weighted by molar-refractivity contribution is -0.0229. The van der Waals surface area contributed by atoms with E-state index in [-0.39, 0.29) is 17.6 Å². The third kappa shape index (κ3) is 3.49. The van der Waals surface area contributed by atoms with E-state index in [2.05, 4.69) is 38.1 Å². The van der Waals surface area contributed by atoms with Crippen molar-refractivity contribution in [1.82, 2.24) is 4.90 Å². The molecule has 126 valence electrons. The fraction of sp³-hybridized carbons (Fsp3) is 0.350. The van der Waals surface area contributed by atoms with Crippen molar-refractivity contribution < 1.29 is 13.9 Å². The zero-order valence-corrected chi connectivity index (χ0v) is 14.0. The van der Waals surface area contributed by atoms with Crippen LogP contribution < -0.4 is 0 Å². The van der Waals surface area contributed by atoms with Gasteiger partial charge in [-0.15, -0.1) is 0 Å². The van der Waals surface area contributed by atoms with Crippen LogP contribution in [0.2, 0.25) is 0 Å². The van der Waals surface area contributed by atoms with E-state index < -0.39 is 5.82 Å². The van der Waals surface area contributed by atoms with Gasteiger partial charge in [-0.3, -0.25) is 4.79 Å². The molecule has 3 nitrogen and oxygen atoms in total. The Morgan fingerprint density at radius 3 is 2.54 bits per heavy atom. The molecule has 1 atom stereocenters. The van der Waals surface area contributed by atoms with Gasteiger partial charge in [-0.2, -0.15) is 0 Å². The maximum Gasteiger partial charge on any atom is 0.257 e. The first-order chi connectivity index (χ1) is 11.6. The molecular formula is C20H22FNO2. The Labute approximate surface area is 142 Å². The van der Waals surface area contributed by atoms with E-state index in [1.165, 1.54) is 17.7 Å². The minimum absolute atomic E-state index is 0.119. The normalized spacial score (nSPS) is 18.0. The number of ether oxygens (including phenoxy) is 1. The molecule has 2 aromatic carbocycles. The van der Waals surface area contributed by atoms with Crippen LogP contribution in [0.25, 0.3) is 0 Å². The molecule has 1 saturated heterocycles. The number of nitrogens with zero attached hydrogens (tertiary/aromatic N) is 1. The summed E-state index contributed by atoms with van der Waals surface area (Å²) in [6, 6.07) is 14.4. The monoisotopic (exact) mass is 327 g/mol. The van der Waals surface area contributed by atoms with Gasteiger partial charge in [0.15, 0.2) is 0 Å². The molecule has 0 N–H and O–H groups in total. The lowest BCUT2D eigenvalue weighted by Crippen LogP contribution is -2.42. The second kappa shape index (κ2) is 7.14. The average molecular weight is 327 g/mol. The molecule has 0 radical (unpaired) electrons. The Morgan fingerprint density at radius 2 is 1.88 bits per heavy atom. The molecule has 24 heavy (non-hydrogen) atoms. The largest absolute Gasteiger partial charge is 0.370 e. The average Bonchev–Trinajstić information content (AvgIpc) is 2.62. The smallest absolute Gasteiger partial charge is 0.257 e. The van der Waals surface area contributed by atoms with Crippen molar-refractivity contribution in [3.05, 3.63) is 71.0 Å². The van der Waals surface area contributed by atoms with Gasteiger partial charge in [0.2, 0.25) is 0 Å². The third-order valence-electron chi connectivity index (χ3n) is 4.43. The van der Waals surface area contributed by atoms with Crippen LogP contribution in [0.15, 0.2) is 48.5 Å². The zero-order chi connectivity index (χ0) is 17.1. The zero-order valence-electron chi connectivity index (χ0n) is 14.0. The van der Waals surface area contributed by atoms with Gasteiger partial charge in [0, 0.05) is 6.54 Å². The number of halogens is 1. The van der Waals surface area contributed by atoms with Crippen molar-refractivity contribution in [1.29, 1.82) is 0 Å². The summed E-state index contributed by atoms with van der Waals surface area (Å²) in [5.74, 6) is -0.280. The van der Waals surface area contributed by atoms with Gasteiger partial charge in [0.25, 0.3) is 5.91 Å². The molecule has 1 unspecified atom stereocenters. The predicted octanol–water partition coefficient (Wildman–Crippen LogP) is 4.16. The molecule has 1 amide bonds. The maximum atomic E-state index is 13.9. The van der Waals surface area contributed by atoms with E-state index in [0.29, 0.717) is 25.6 Å². The Kier molecular flexibility index (Phi) is 4.95. The van der Waals surface area contributed by atoms with E-state index in [1.54, 1.807) is 17.0 Å². The predicted molar refractivity (Wildman–Crippen MR) is 91.5 cm³/mol. The topological polar surface area (TPSA) is 29.5 Å². The Bertz CT molecular complexity index is 712. The number of hydrogen-bond donors (Lipinski definition) is 0.